The van der Waals surface area contributed by atoms with E-state index in [4.69, 9.17) is 11.6 Å². The van der Waals surface area contributed by atoms with Crippen molar-refractivity contribution in [1.29, 1.82) is 0 Å². The van der Waals surface area contributed by atoms with Gasteiger partial charge in [0.05, 0.1) is 9.16 Å². The third kappa shape index (κ3) is 2.69. The normalized spacial score (nSPS) is 12.8. The van der Waals surface area contributed by atoms with E-state index in [1.54, 1.807) is 11.3 Å². The highest BCUT2D eigenvalue weighted by molar-refractivity contribution is 9.10. The van der Waals surface area contributed by atoms with Crippen LogP contribution in [0.4, 0.5) is 0 Å². The van der Waals surface area contributed by atoms with E-state index in [2.05, 4.69) is 64.8 Å². The molecule has 0 aliphatic rings. The first-order chi connectivity index (χ1) is 8.41. The summed E-state index contributed by atoms with van der Waals surface area (Å²) in [5.41, 5.74) is 5.20. The quantitative estimate of drug-likeness (QED) is 0.493. The number of rotatable bonds is 2. The van der Waals surface area contributed by atoms with E-state index >= 15 is 0 Å². The van der Waals surface area contributed by atoms with Crippen LogP contribution in [-0.4, -0.2) is 0 Å². The SMILES string of the molecule is Cc1cc(C)c(C(Br)c2ccc(Cl)s2)c(C)c1Br. The Morgan fingerprint density at radius 3 is 2.39 bits per heavy atom. The van der Waals surface area contributed by atoms with Gasteiger partial charge >= 0.3 is 0 Å². The summed E-state index contributed by atoms with van der Waals surface area (Å²) in [5.74, 6) is 0. The van der Waals surface area contributed by atoms with E-state index < -0.39 is 0 Å². The Hall–Kier alpha value is 0.170. The highest BCUT2D eigenvalue weighted by Gasteiger charge is 2.19. The van der Waals surface area contributed by atoms with E-state index in [1.165, 1.54) is 31.6 Å². The Labute approximate surface area is 134 Å². The predicted octanol–water partition coefficient (Wildman–Crippen LogP) is 6.57. The predicted molar refractivity (Wildman–Crippen MR) is 88.5 cm³/mol. The first-order valence-electron chi connectivity index (χ1n) is 5.57. The average molecular weight is 409 g/mol. The molecule has 0 fully saturated rings. The molecule has 4 heteroatoms. The standard InChI is InChI=1S/C14H13Br2ClS/c1-7-6-8(2)13(15)9(3)12(7)14(16)10-4-5-11(17)18-10/h4-6,14H,1-3H3. The minimum absolute atomic E-state index is 0.201. The molecule has 96 valence electrons. The van der Waals surface area contributed by atoms with Crippen LogP contribution in [0.2, 0.25) is 4.34 Å². The van der Waals surface area contributed by atoms with Crippen molar-refractivity contribution in [2.45, 2.75) is 25.6 Å². The lowest BCUT2D eigenvalue weighted by atomic mass is 9.97. The second-order valence-corrected chi connectivity index (χ2v) is 7.82. The molecule has 1 aromatic heterocycles. The Morgan fingerprint density at radius 2 is 1.83 bits per heavy atom. The van der Waals surface area contributed by atoms with E-state index in [-0.39, 0.29) is 4.83 Å². The van der Waals surface area contributed by atoms with Gasteiger partial charge in [0.25, 0.3) is 0 Å². The molecule has 0 aliphatic carbocycles. The molecule has 0 radical (unpaired) electrons. The third-order valence-electron chi connectivity index (χ3n) is 3.03. The van der Waals surface area contributed by atoms with Gasteiger partial charge in [0.1, 0.15) is 0 Å². The van der Waals surface area contributed by atoms with Crippen molar-refractivity contribution < 1.29 is 0 Å². The lowest BCUT2D eigenvalue weighted by Gasteiger charge is -2.18. The molecule has 0 nitrogen and oxygen atoms in total. The van der Waals surface area contributed by atoms with Gasteiger partial charge in [0.15, 0.2) is 0 Å². The molecule has 0 amide bonds. The number of aryl methyl sites for hydroxylation is 2. The van der Waals surface area contributed by atoms with E-state index in [9.17, 15) is 0 Å². The number of halogens is 3. The molecule has 0 saturated carbocycles. The molecule has 1 unspecified atom stereocenters. The third-order valence-corrected chi connectivity index (χ3v) is 6.80. The molecule has 0 saturated heterocycles. The maximum atomic E-state index is 6.02. The number of hydrogen-bond donors (Lipinski definition) is 0. The maximum Gasteiger partial charge on any atom is 0.0931 e. The molecular weight excluding hydrogens is 395 g/mol. The van der Waals surface area contributed by atoms with Crippen molar-refractivity contribution in [3.8, 4) is 0 Å². The molecule has 18 heavy (non-hydrogen) atoms. The van der Waals surface area contributed by atoms with E-state index in [0.29, 0.717) is 0 Å². The van der Waals surface area contributed by atoms with Crippen LogP contribution >= 0.6 is 54.8 Å². The molecule has 1 aromatic carbocycles. The first kappa shape index (κ1) is 14.6. The molecule has 1 heterocycles. The van der Waals surface area contributed by atoms with Gasteiger partial charge in [-0.25, -0.2) is 0 Å². The van der Waals surface area contributed by atoms with Crippen LogP contribution in [0.1, 0.15) is 32.0 Å². The zero-order valence-corrected chi connectivity index (χ0v) is 15.1. The Bertz CT molecular complexity index is 590. The number of benzene rings is 1. The topological polar surface area (TPSA) is 0 Å². The molecular formula is C14H13Br2ClS. The van der Waals surface area contributed by atoms with Crippen molar-refractivity contribution in [3.05, 3.63) is 54.1 Å². The van der Waals surface area contributed by atoms with Gasteiger partial charge < -0.3 is 0 Å². The smallest absolute Gasteiger partial charge is 0.0931 e. The second-order valence-electron chi connectivity index (χ2n) is 4.37. The Morgan fingerprint density at radius 1 is 1.17 bits per heavy atom. The Kier molecular flexibility index (Phi) is 4.58. The maximum absolute atomic E-state index is 6.02. The highest BCUT2D eigenvalue weighted by atomic mass is 79.9. The molecule has 2 aromatic rings. The summed E-state index contributed by atoms with van der Waals surface area (Å²) in [6.07, 6.45) is 0. The molecule has 1 atom stereocenters. The number of thiophene rings is 1. The summed E-state index contributed by atoms with van der Waals surface area (Å²) in [7, 11) is 0. The van der Waals surface area contributed by atoms with Crippen LogP contribution in [0.15, 0.2) is 22.7 Å². The number of alkyl halides is 1. The van der Waals surface area contributed by atoms with Crippen molar-refractivity contribution >= 4 is 54.8 Å². The van der Waals surface area contributed by atoms with Crippen molar-refractivity contribution in [2.75, 3.05) is 0 Å². The van der Waals surface area contributed by atoms with E-state index in [1.807, 2.05) is 6.07 Å². The van der Waals surface area contributed by atoms with Crippen molar-refractivity contribution in [1.82, 2.24) is 0 Å². The molecule has 0 spiro atoms. The van der Waals surface area contributed by atoms with Gasteiger partial charge in [0.2, 0.25) is 0 Å². The summed E-state index contributed by atoms with van der Waals surface area (Å²) >= 11 is 15.1. The molecule has 0 aliphatic heterocycles. The Balaban J connectivity index is 2.54. The summed E-state index contributed by atoms with van der Waals surface area (Å²) in [6.45, 7) is 6.44. The molecule has 2 rings (SSSR count). The molecule has 0 bridgehead atoms. The zero-order chi connectivity index (χ0) is 13.4. The van der Waals surface area contributed by atoms with Crippen LogP contribution in [0.25, 0.3) is 0 Å². The second kappa shape index (κ2) is 5.66. The van der Waals surface area contributed by atoms with Gasteiger partial charge in [-0.2, -0.15) is 0 Å². The van der Waals surface area contributed by atoms with Gasteiger partial charge in [-0.3, -0.25) is 0 Å². The van der Waals surface area contributed by atoms with Crippen molar-refractivity contribution in [3.63, 3.8) is 0 Å². The van der Waals surface area contributed by atoms with Gasteiger partial charge in [0, 0.05) is 9.35 Å². The van der Waals surface area contributed by atoms with Crippen LogP contribution in [-0.2, 0) is 0 Å². The summed E-state index contributed by atoms with van der Waals surface area (Å²) < 4.78 is 2.02. The average Bonchev–Trinajstić information content (AvgIpc) is 2.73. The van der Waals surface area contributed by atoms with Crippen LogP contribution in [0.5, 0.6) is 0 Å². The summed E-state index contributed by atoms with van der Waals surface area (Å²) in [4.78, 5) is 1.44. The summed E-state index contributed by atoms with van der Waals surface area (Å²) in [5, 5.41) is 0. The van der Waals surface area contributed by atoms with Gasteiger partial charge in [-0.15, -0.1) is 11.3 Å². The first-order valence-corrected chi connectivity index (χ1v) is 8.47. The van der Waals surface area contributed by atoms with Crippen LogP contribution in [0.3, 0.4) is 0 Å². The fourth-order valence-electron chi connectivity index (χ4n) is 2.17. The molecule has 0 N–H and O–H groups in total. The fourth-order valence-corrected chi connectivity index (χ4v) is 4.69. The minimum atomic E-state index is 0.201. The summed E-state index contributed by atoms with van der Waals surface area (Å²) in [6, 6.07) is 6.25. The monoisotopic (exact) mass is 406 g/mol. The minimum Gasteiger partial charge on any atom is -0.127 e. The van der Waals surface area contributed by atoms with Gasteiger partial charge in [-0.1, -0.05) is 49.5 Å². The van der Waals surface area contributed by atoms with E-state index in [0.717, 1.165) is 4.34 Å². The lowest BCUT2D eigenvalue weighted by Crippen LogP contribution is -2.00. The fraction of sp³-hybridized carbons (Fsp3) is 0.286. The van der Waals surface area contributed by atoms with Crippen LogP contribution < -0.4 is 0 Å². The van der Waals surface area contributed by atoms with Gasteiger partial charge in [-0.05, 0) is 55.2 Å². The lowest BCUT2D eigenvalue weighted by molar-refractivity contribution is 1.11. The highest BCUT2D eigenvalue weighted by Crippen LogP contribution is 2.41. The van der Waals surface area contributed by atoms with Crippen LogP contribution in [0, 0.1) is 20.8 Å². The zero-order valence-electron chi connectivity index (χ0n) is 10.4. The largest absolute Gasteiger partial charge is 0.127 e. The van der Waals surface area contributed by atoms with Crippen molar-refractivity contribution in [2.24, 2.45) is 0 Å². The number of hydrogen-bond acceptors (Lipinski definition) is 1.